The summed E-state index contributed by atoms with van der Waals surface area (Å²) in [7, 11) is 0. The molecule has 0 heterocycles. The Kier molecular flexibility index (Phi) is 8.77. The molecular formula is C23H32N3O6. The van der Waals surface area contributed by atoms with Crippen molar-refractivity contribution in [1.82, 2.24) is 5.32 Å². The van der Waals surface area contributed by atoms with Gasteiger partial charge in [-0.15, -0.1) is 0 Å². The van der Waals surface area contributed by atoms with Gasteiger partial charge in [-0.05, 0) is 76.5 Å². The zero-order valence-corrected chi connectivity index (χ0v) is 18.8. The summed E-state index contributed by atoms with van der Waals surface area (Å²) < 4.78 is 5.23. The number of anilines is 1. The maximum atomic E-state index is 12.9. The molecule has 0 bridgehead atoms. The third kappa shape index (κ3) is 7.64. The Morgan fingerprint density at radius 2 is 1.78 bits per heavy atom. The first-order valence-electron chi connectivity index (χ1n) is 10.8. The van der Waals surface area contributed by atoms with Crippen LogP contribution in [-0.4, -0.2) is 47.7 Å². The number of imide groups is 1. The number of nitrogens with two attached hydrogens (primary N) is 1. The molecule has 1 aromatic carbocycles. The Balaban J connectivity index is 1.87. The molecule has 1 atom stereocenters. The largest absolute Gasteiger partial charge is 0.480 e. The first-order valence-corrected chi connectivity index (χ1v) is 10.8. The second-order valence-electron chi connectivity index (χ2n) is 9.18. The first-order chi connectivity index (χ1) is 15.0. The molecule has 32 heavy (non-hydrogen) atoms. The van der Waals surface area contributed by atoms with Crippen LogP contribution in [0.4, 0.5) is 10.5 Å². The van der Waals surface area contributed by atoms with Crippen molar-refractivity contribution in [2.24, 2.45) is 17.6 Å². The highest BCUT2D eigenvalue weighted by atomic mass is 16.6. The van der Waals surface area contributed by atoms with Crippen molar-refractivity contribution in [2.75, 3.05) is 11.4 Å². The molecule has 1 fully saturated rings. The molecule has 0 unspecified atom stereocenters. The zero-order valence-electron chi connectivity index (χ0n) is 18.8. The van der Waals surface area contributed by atoms with E-state index in [2.05, 4.69) is 5.32 Å². The van der Waals surface area contributed by atoms with Crippen LogP contribution >= 0.6 is 0 Å². The van der Waals surface area contributed by atoms with Crippen molar-refractivity contribution in [3.63, 3.8) is 0 Å². The van der Waals surface area contributed by atoms with Gasteiger partial charge in [-0.1, -0.05) is 12.1 Å². The number of amides is 3. The fourth-order valence-electron chi connectivity index (χ4n) is 3.69. The summed E-state index contributed by atoms with van der Waals surface area (Å²) in [6.45, 7) is 5.90. The molecule has 175 valence electrons. The molecule has 9 nitrogen and oxygen atoms in total. The number of benzene rings is 1. The van der Waals surface area contributed by atoms with Crippen molar-refractivity contribution in [2.45, 2.75) is 64.5 Å². The summed E-state index contributed by atoms with van der Waals surface area (Å²) >= 11 is 0. The third-order valence-corrected chi connectivity index (χ3v) is 5.41. The molecule has 0 aromatic heterocycles. The lowest BCUT2D eigenvalue weighted by Crippen LogP contribution is -2.39. The number of carbonyl (C=O) groups is 3. The number of nitrogens with one attached hydrogen (secondary N) is 1. The van der Waals surface area contributed by atoms with Crippen LogP contribution in [0.3, 0.4) is 0 Å². The van der Waals surface area contributed by atoms with Crippen molar-refractivity contribution >= 4 is 30.1 Å². The summed E-state index contributed by atoms with van der Waals surface area (Å²) in [5.74, 6) is -1.45. The van der Waals surface area contributed by atoms with Crippen molar-refractivity contribution in [1.29, 1.82) is 0 Å². The summed E-state index contributed by atoms with van der Waals surface area (Å²) in [5.41, 5.74) is 6.06. The first kappa shape index (κ1) is 25.3. The van der Waals surface area contributed by atoms with Gasteiger partial charge in [0.05, 0.1) is 5.69 Å². The lowest BCUT2D eigenvalue weighted by atomic mass is 9.81. The molecule has 1 aliphatic carbocycles. The van der Waals surface area contributed by atoms with Gasteiger partial charge in [0.25, 0.3) is 0 Å². The number of carbonyl (C=O) groups excluding carboxylic acids is 3. The second kappa shape index (κ2) is 11.1. The van der Waals surface area contributed by atoms with Gasteiger partial charge in [-0.2, -0.15) is 0 Å². The minimum absolute atomic E-state index is 0.149. The van der Waals surface area contributed by atoms with Gasteiger partial charge in [-0.3, -0.25) is 14.4 Å². The monoisotopic (exact) mass is 446 g/mol. The van der Waals surface area contributed by atoms with Crippen LogP contribution in [0.2, 0.25) is 0 Å². The van der Waals surface area contributed by atoms with E-state index in [1.165, 1.54) is 0 Å². The van der Waals surface area contributed by atoms with Crippen LogP contribution in [0.25, 0.3) is 0 Å². The molecule has 0 spiro atoms. The highest BCUT2D eigenvalue weighted by molar-refractivity contribution is 6.08. The van der Waals surface area contributed by atoms with Gasteiger partial charge in [-0.25, -0.2) is 9.69 Å². The quantitative estimate of drug-likeness (QED) is 0.521. The van der Waals surface area contributed by atoms with E-state index in [1.54, 1.807) is 51.4 Å². The molecule has 1 radical (unpaired) electrons. The predicted octanol–water partition coefficient (Wildman–Crippen LogP) is 2.37. The van der Waals surface area contributed by atoms with Gasteiger partial charge in [0.2, 0.25) is 5.91 Å². The average molecular weight is 447 g/mol. The van der Waals surface area contributed by atoms with Crippen LogP contribution < -0.4 is 16.0 Å². The second-order valence-corrected chi connectivity index (χ2v) is 9.18. The summed E-state index contributed by atoms with van der Waals surface area (Å²) in [5, 5.41) is 11.7. The van der Waals surface area contributed by atoms with E-state index in [-0.39, 0.29) is 24.2 Å². The standard InChI is InChI=1S/C23H32N3O6/c1-23(2,3)32-22(31)25-13-16-4-8-17(9-5-16)20(28)26(14-27)18-10-6-15(7-11-18)12-19(24)21(29)30/h6-7,10-11,16-17,19H,4-5,8-9,12-13,24H2,1-3H3,(H,25,31)(H,29,30)/t16-,17-,19-/m0/s1. The van der Waals surface area contributed by atoms with E-state index >= 15 is 0 Å². The van der Waals surface area contributed by atoms with Crippen LogP contribution in [0, 0.1) is 11.8 Å². The van der Waals surface area contributed by atoms with Gasteiger partial charge in [0, 0.05) is 12.5 Å². The van der Waals surface area contributed by atoms with E-state index in [0.717, 1.165) is 17.7 Å². The Morgan fingerprint density at radius 3 is 2.28 bits per heavy atom. The molecule has 9 heteroatoms. The Bertz CT molecular complexity index is 810. The number of alkyl carbamates (subject to hydrolysis) is 1. The highest BCUT2D eigenvalue weighted by Crippen LogP contribution is 2.31. The molecule has 1 aliphatic rings. The number of aliphatic carboxylic acids is 1. The number of hydrogen-bond donors (Lipinski definition) is 3. The van der Waals surface area contributed by atoms with E-state index < -0.39 is 23.7 Å². The number of carboxylic acids is 1. The Morgan fingerprint density at radius 1 is 1.19 bits per heavy atom. The lowest BCUT2D eigenvalue weighted by Gasteiger charge is -2.30. The third-order valence-electron chi connectivity index (χ3n) is 5.41. The minimum Gasteiger partial charge on any atom is -0.480 e. The van der Waals surface area contributed by atoms with Gasteiger partial charge < -0.3 is 20.9 Å². The maximum Gasteiger partial charge on any atom is 0.407 e. The summed E-state index contributed by atoms with van der Waals surface area (Å²) in [6, 6.07) is 5.45. The van der Waals surface area contributed by atoms with E-state index in [4.69, 9.17) is 15.6 Å². The van der Waals surface area contributed by atoms with Crippen LogP contribution in [0.15, 0.2) is 24.3 Å². The normalized spacial score (nSPS) is 19.5. The lowest BCUT2D eigenvalue weighted by molar-refractivity contribution is -0.138. The van der Waals surface area contributed by atoms with E-state index in [1.807, 2.05) is 0 Å². The number of rotatable bonds is 8. The van der Waals surface area contributed by atoms with Gasteiger partial charge in [0.15, 0.2) is 0 Å². The molecule has 1 aromatic rings. The molecule has 3 amide bonds. The number of hydrogen-bond acceptors (Lipinski definition) is 6. The topological polar surface area (TPSA) is 139 Å². The predicted molar refractivity (Wildman–Crippen MR) is 119 cm³/mol. The molecule has 0 saturated heterocycles. The number of carboxylic acid groups (broad SMARTS) is 1. The summed E-state index contributed by atoms with van der Waals surface area (Å²) in [4.78, 5) is 48.1. The van der Waals surface area contributed by atoms with E-state index in [9.17, 15) is 19.2 Å². The molecule has 2 rings (SSSR count). The molecule has 1 saturated carbocycles. The minimum atomic E-state index is -1.09. The van der Waals surface area contributed by atoms with Crippen LogP contribution in [0.5, 0.6) is 0 Å². The maximum absolute atomic E-state index is 12.9. The highest BCUT2D eigenvalue weighted by Gasteiger charge is 2.31. The number of ether oxygens (including phenoxy) is 1. The Labute approximate surface area is 188 Å². The van der Waals surface area contributed by atoms with Crippen molar-refractivity contribution < 1.29 is 29.0 Å². The zero-order chi connectivity index (χ0) is 23.9. The van der Waals surface area contributed by atoms with Gasteiger partial charge >= 0.3 is 18.5 Å². The van der Waals surface area contributed by atoms with Gasteiger partial charge in [0.1, 0.15) is 11.6 Å². The van der Waals surface area contributed by atoms with E-state index in [0.29, 0.717) is 30.6 Å². The van der Waals surface area contributed by atoms with Crippen LogP contribution in [-0.2, 0) is 25.5 Å². The number of nitrogens with zero attached hydrogens (tertiary/aromatic N) is 1. The molecule has 4 N–H and O–H groups in total. The SMILES string of the molecule is CC(C)(C)OC(=O)NC[C@H]1CC[C@H](C(=O)N([C]=O)c2ccc(C[C@H](N)C(=O)O)cc2)CC1. The molecule has 0 aliphatic heterocycles. The average Bonchev–Trinajstić information content (AvgIpc) is 2.73. The Hall–Kier alpha value is -2.94. The fourth-order valence-corrected chi connectivity index (χ4v) is 3.69. The molecular weight excluding hydrogens is 414 g/mol. The smallest absolute Gasteiger partial charge is 0.407 e. The fraction of sp³-hybridized carbons (Fsp3) is 0.565. The van der Waals surface area contributed by atoms with Crippen LogP contribution in [0.1, 0.15) is 52.0 Å². The summed E-state index contributed by atoms with van der Waals surface area (Å²) in [6.07, 6.45) is 4.14. The van der Waals surface area contributed by atoms with Crippen molar-refractivity contribution in [3.8, 4) is 0 Å². The van der Waals surface area contributed by atoms with Crippen molar-refractivity contribution in [3.05, 3.63) is 29.8 Å².